The third-order valence-electron chi connectivity index (χ3n) is 3.22. The number of rotatable bonds is 13. The number of esters is 1. The third-order valence-corrected chi connectivity index (χ3v) is 3.55. The maximum atomic E-state index is 11.4. The fraction of sp³-hybridized carbons (Fsp3) is 0.867. The van der Waals surface area contributed by atoms with Crippen molar-refractivity contribution in [2.75, 3.05) is 6.61 Å². The molecule has 0 aromatic heterocycles. The first-order valence-corrected chi connectivity index (χ1v) is 8.53. The molecule has 0 saturated heterocycles. The number of hydrogen-bond acceptors (Lipinski definition) is 4. The fourth-order valence-corrected chi connectivity index (χ4v) is 2.24. The summed E-state index contributed by atoms with van der Waals surface area (Å²) >= 11 is 3.95. The normalized spacial score (nSPS) is 11.9. The first-order chi connectivity index (χ1) is 10.1. The summed E-state index contributed by atoms with van der Waals surface area (Å²) < 4.78 is 5.04. The number of unbranched alkanes of at least 4 members (excludes halogenated alkanes) is 9. The summed E-state index contributed by atoms with van der Waals surface area (Å²) in [6.45, 7) is 2.65. The Balaban J connectivity index is 3.32. The molecule has 1 unspecified atom stereocenters. The van der Waals surface area contributed by atoms with Gasteiger partial charge in [-0.2, -0.15) is 0 Å². The van der Waals surface area contributed by atoms with Crippen LogP contribution in [0.3, 0.4) is 0 Å². The van der Waals surface area contributed by atoms with Gasteiger partial charge in [-0.25, -0.2) is 9.79 Å². The Labute approximate surface area is 134 Å². The zero-order chi connectivity index (χ0) is 15.9. The van der Waals surface area contributed by atoms with E-state index in [2.05, 4.69) is 24.5 Å². The maximum Gasteiger partial charge on any atom is 0.341 e. The van der Waals surface area contributed by atoms with Crippen molar-refractivity contribution in [3.05, 3.63) is 0 Å². The molecule has 4 N–H and O–H groups in total. The summed E-state index contributed by atoms with van der Waals surface area (Å²) in [5.74, 6) is -0.659. The average molecular weight is 317 g/mol. The standard InChI is InChI=1S/C15H31N3O2S/c1-2-3-4-5-6-7-8-9-10-11-12-20-14(19)13(21)18-15(16)17/h13,21H,2-12H2,1H3,(H4,16,17,18). The van der Waals surface area contributed by atoms with Gasteiger partial charge in [0, 0.05) is 0 Å². The Kier molecular flexibility index (Phi) is 13.4. The van der Waals surface area contributed by atoms with Crippen molar-refractivity contribution in [3.63, 3.8) is 0 Å². The molecule has 0 aliphatic rings. The van der Waals surface area contributed by atoms with Gasteiger partial charge in [0.1, 0.15) is 0 Å². The molecule has 1 atom stereocenters. The van der Waals surface area contributed by atoms with E-state index in [1.165, 1.54) is 51.4 Å². The van der Waals surface area contributed by atoms with E-state index in [1.807, 2.05) is 0 Å². The molecule has 124 valence electrons. The van der Waals surface area contributed by atoms with Gasteiger partial charge in [0.05, 0.1) is 6.61 Å². The van der Waals surface area contributed by atoms with Gasteiger partial charge in [-0.1, -0.05) is 64.7 Å². The number of nitrogens with zero attached hydrogens (tertiary/aromatic N) is 1. The van der Waals surface area contributed by atoms with Crippen LogP contribution in [0.1, 0.15) is 71.1 Å². The smallest absolute Gasteiger partial charge is 0.341 e. The van der Waals surface area contributed by atoms with Crippen molar-refractivity contribution in [2.45, 2.75) is 76.5 Å². The van der Waals surface area contributed by atoms with E-state index < -0.39 is 11.3 Å². The quantitative estimate of drug-likeness (QED) is 0.160. The Hall–Kier alpha value is -0.910. The molecule has 5 nitrogen and oxygen atoms in total. The number of carbonyl (C=O) groups excluding carboxylic acids is 1. The monoisotopic (exact) mass is 317 g/mol. The van der Waals surface area contributed by atoms with Crippen LogP contribution in [0.4, 0.5) is 0 Å². The highest BCUT2D eigenvalue weighted by molar-refractivity contribution is 7.81. The summed E-state index contributed by atoms with van der Waals surface area (Å²) in [4.78, 5) is 15.0. The van der Waals surface area contributed by atoms with Crippen LogP contribution in [0.15, 0.2) is 4.99 Å². The van der Waals surface area contributed by atoms with Gasteiger partial charge in [-0.3, -0.25) is 0 Å². The molecule has 0 bridgehead atoms. The average Bonchev–Trinajstić information content (AvgIpc) is 2.43. The Morgan fingerprint density at radius 2 is 1.48 bits per heavy atom. The molecule has 0 aliphatic heterocycles. The lowest BCUT2D eigenvalue weighted by molar-refractivity contribution is -0.142. The number of aliphatic imine (C=N–C) groups is 1. The highest BCUT2D eigenvalue weighted by Crippen LogP contribution is 2.10. The van der Waals surface area contributed by atoms with Crippen LogP contribution in [-0.4, -0.2) is 23.9 Å². The molecular formula is C15H31N3O2S. The molecule has 6 heteroatoms. The van der Waals surface area contributed by atoms with Crippen LogP contribution in [0.2, 0.25) is 0 Å². The number of hydrogen-bond donors (Lipinski definition) is 3. The summed E-state index contributed by atoms with van der Waals surface area (Å²) in [6.07, 6.45) is 12.5. The number of thiol groups is 1. The van der Waals surface area contributed by atoms with Crippen molar-refractivity contribution >= 4 is 24.6 Å². The van der Waals surface area contributed by atoms with Gasteiger partial charge in [0.25, 0.3) is 0 Å². The molecule has 0 heterocycles. The molecule has 0 aliphatic carbocycles. The lowest BCUT2D eigenvalue weighted by Gasteiger charge is -2.07. The van der Waals surface area contributed by atoms with Crippen LogP contribution >= 0.6 is 12.6 Å². The SMILES string of the molecule is CCCCCCCCCCCCOC(=O)C(S)N=C(N)N. The van der Waals surface area contributed by atoms with Gasteiger partial charge in [0.15, 0.2) is 11.3 Å². The van der Waals surface area contributed by atoms with Crippen molar-refractivity contribution in [1.29, 1.82) is 0 Å². The van der Waals surface area contributed by atoms with Crippen LogP contribution < -0.4 is 11.5 Å². The molecule has 0 amide bonds. The van der Waals surface area contributed by atoms with Crippen molar-refractivity contribution < 1.29 is 9.53 Å². The Bertz CT molecular complexity index is 295. The van der Waals surface area contributed by atoms with E-state index in [4.69, 9.17) is 16.2 Å². The molecule has 0 spiro atoms. The molecule has 0 aromatic rings. The zero-order valence-electron chi connectivity index (χ0n) is 13.2. The topological polar surface area (TPSA) is 90.7 Å². The van der Waals surface area contributed by atoms with Gasteiger partial charge in [-0.15, -0.1) is 12.6 Å². The zero-order valence-corrected chi connectivity index (χ0v) is 14.1. The molecule has 21 heavy (non-hydrogen) atoms. The second-order valence-corrected chi connectivity index (χ2v) is 5.77. The lowest BCUT2D eigenvalue weighted by Crippen LogP contribution is -2.27. The predicted octanol–water partition coefficient (Wildman–Crippen LogP) is 2.98. The van der Waals surface area contributed by atoms with Gasteiger partial charge in [0.2, 0.25) is 0 Å². The van der Waals surface area contributed by atoms with Gasteiger partial charge in [-0.05, 0) is 6.42 Å². The molecule has 0 fully saturated rings. The maximum absolute atomic E-state index is 11.4. The molecule has 0 radical (unpaired) electrons. The molecule has 0 aromatic carbocycles. The molecule has 0 saturated carbocycles. The van der Waals surface area contributed by atoms with Gasteiger partial charge >= 0.3 is 5.97 Å². The van der Waals surface area contributed by atoms with E-state index in [-0.39, 0.29) is 5.96 Å². The fourth-order valence-electron chi connectivity index (χ4n) is 2.03. The first-order valence-electron chi connectivity index (χ1n) is 8.01. The van der Waals surface area contributed by atoms with Crippen LogP contribution in [0.25, 0.3) is 0 Å². The van der Waals surface area contributed by atoms with E-state index in [0.29, 0.717) is 6.61 Å². The highest BCUT2D eigenvalue weighted by atomic mass is 32.1. The van der Waals surface area contributed by atoms with Crippen molar-refractivity contribution in [3.8, 4) is 0 Å². The Morgan fingerprint density at radius 3 is 1.95 bits per heavy atom. The van der Waals surface area contributed by atoms with E-state index in [0.717, 1.165) is 12.8 Å². The van der Waals surface area contributed by atoms with E-state index >= 15 is 0 Å². The minimum absolute atomic E-state index is 0.161. The minimum atomic E-state index is -0.918. The summed E-state index contributed by atoms with van der Waals surface area (Å²) in [6, 6.07) is 0. The first kappa shape index (κ1) is 20.1. The number of ether oxygens (including phenoxy) is 1. The van der Waals surface area contributed by atoms with E-state index in [9.17, 15) is 4.79 Å². The summed E-state index contributed by atoms with van der Waals surface area (Å²) in [5, 5.41) is -0.918. The van der Waals surface area contributed by atoms with Crippen LogP contribution in [-0.2, 0) is 9.53 Å². The Morgan fingerprint density at radius 1 is 1.00 bits per heavy atom. The van der Waals surface area contributed by atoms with Crippen LogP contribution in [0, 0.1) is 0 Å². The highest BCUT2D eigenvalue weighted by Gasteiger charge is 2.13. The minimum Gasteiger partial charge on any atom is -0.463 e. The van der Waals surface area contributed by atoms with Crippen LogP contribution in [0.5, 0.6) is 0 Å². The third kappa shape index (κ3) is 13.8. The molecular weight excluding hydrogens is 286 g/mol. The lowest BCUT2D eigenvalue weighted by atomic mass is 10.1. The second-order valence-electron chi connectivity index (χ2n) is 5.28. The van der Waals surface area contributed by atoms with Crippen molar-refractivity contribution in [1.82, 2.24) is 0 Å². The van der Waals surface area contributed by atoms with Gasteiger partial charge < -0.3 is 16.2 Å². The van der Waals surface area contributed by atoms with Crippen molar-refractivity contribution in [2.24, 2.45) is 16.5 Å². The number of guanidine groups is 1. The molecule has 0 rings (SSSR count). The second kappa shape index (κ2) is 14.0. The number of carbonyl (C=O) groups is 1. The largest absolute Gasteiger partial charge is 0.463 e. The summed E-state index contributed by atoms with van der Waals surface area (Å²) in [5.41, 5.74) is 10.3. The van der Waals surface area contributed by atoms with E-state index in [1.54, 1.807) is 0 Å². The predicted molar refractivity (Wildman–Crippen MR) is 91.4 cm³/mol. The number of nitrogens with two attached hydrogens (primary N) is 2. The summed E-state index contributed by atoms with van der Waals surface area (Å²) in [7, 11) is 0.